The average molecular weight is 311 g/mol. The molecule has 0 amide bonds. The van der Waals surface area contributed by atoms with Gasteiger partial charge in [-0.05, 0) is 44.8 Å². The summed E-state index contributed by atoms with van der Waals surface area (Å²) in [5, 5.41) is 0.850. The Bertz CT molecular complexity index is 442. The molecule has 1 aromatic rings. The number of benzene rings is 1. The molecule has 1 fully saturated rings. The van der Waals surface area contributed by atoms with E-state index in [0.717, 1.165) is 56.4 Å². The molecular formula is C16H27ClN4. The number of hydrogen-bond acceptors (Lipinski definition) is 4. The SMILES string of the molecule is CN(C)CCN1CCN(c2ccc(CCN)cc2Cl)CC1. The molecule has 0 saturated carbocycles. The molecule has 21 heavy (non-hydrogen) atoms. The second-order valence-electron chi connectivity index (χ2n) is 5.96. The quantitative estimate of drug-likeness (QED) is 0.864. The highest BCUT2D eigenvalue weighted by Crippen LogP contribution is 2.27. The fourth-order valence-electron chi connectivity index (χ4n) is 2.68. The van der Waals surface area contributed by atoms with Crippen LogP contribution in [0.4, 0.5) is 5.69 Å². The second kappa shape index (κ2) is 7.99. The summed E-state index contributed by atoms with van der Waals surface area (Å²) in [5.41, 5.74) is 7.97. The first kappa shape index (κ1) is 16.6. The first-order valence-electron chi connectivity index (χ1n) is 7.70. The number of rotatable bonds is 6. The van der Waals surface area contributed by atoms with Gasteiger partial charge in [0.1, 0.15) is 0 Å². The van der Waals surface area contributed by atoms with Crippen LogP contribution in [0.1, 0.15) is 5.56 Å². The molecule has 1 saturated heterocycles. The van der Waals surface area contributed by atoms with Crippen molar-refractivity contribution in [3.63, 3.8) is 0 Å². The van der Waals surface area contributed by atoms with E-state index < -0.39 is 0 Å². The maximum atomic E-state index is 6.43. The van der Waals surface area contributed by atoms with Crippen LogP contribution in [0.15, 0.2) is 18.2 Å². The summed E-state index contributed by atoms with van der Waals surface area (Å²) in [7, 11) is 4.25. The summed E-state index contributed by atoms with van der Waals surface area (Å²) >= 11 is 6.43. The Morgan fingerprint density at radius 1 is 1.19 bits per heavy atom. The van der Waals surface area contributed by atoms with Gasteiger partial charge in [0.05, 0.1) is 10.7 Å². The smallest absolute Gasteiger partial charge is 0.0642 e. The van der Waals surface area contributed by atoms with Crippen LogP contribution in [0.2, 0.25) is 5.02 Å². The van der Waals surface area contributed by atoms with Crippen molar-refractivity contribution in [1.29, 1.82) is 0 Å². The number of anilines is 1. The first-order valence-corrected chi connectivity index (χ1v) is 8.08. The van der Waals surface area contributed by atoms with Gasteiger partial charge in [-0.25, -0.2) is 0 Å². The molecular weight excluding hydrogens is 284 g/mol. The highest BCUT2D eigenvalue weighted by molar-refractivity contribution is 6.33. The number of nitrogens with two attached hydrogens (primary N) is 1. The van der Waals surface area contributed by atoms with Gasteiger partial charge >= 0.3 is 0 Å². The molecule has 1 aliphatic heterocycles. The first-order chi connectivity index (χ1) is 10.1. The van der Waals surface area contributed by atoms with Crippen LogP contribution in [0.5, 0.6) is 0 Å². The Labute approximate surface area is 133 Å². The van der Waals surface area contributed by atoms with E-state index in [4.69, 9.17) is 17.3 Å². The molecule has 4 nitrogen and oxygen atoms in total. The van der Waals surface area contributed by atoms with E-state index in [-0.39, 0.29) is 0 Å². The minimum atomic E-state index is 0.667. The maximum Gasteiger partial charge on any atom is 0.0642 e. The van der Waals surface area contributed by atoms with E-state index >= 15 is 0 Å². The van der Waals surface area contributed by atoms with E-state index in [9.17, 15) is 0 Å². The molecule has 118 valence electrons. The number of hydrogen-bond donors (Lipinski definition) is 1. The molecule has 1 aliphatic rings. The predicted molar refractivity (Wildman–Crippen MR) is 91.4 cm³/mol. The lowest BCUT2D eigenvalue weighted by Gasteiger charge is -2.37. The van der Waals surface area contributed by atoms with Crippen molar-refractivity contribution in [2.24, 2.45) is 5.73 Å². The highest BCUT2D eigenvalue weighted by Gasteiger charge is 2.18. The van der Waals surface area contributed by atoms with Gasteiger partial charge in [0, 0.05) is 39.3 Å². The van der Waals surface area contributed by atoms with Gasteiger partial charge in [-0.15, -0.1) is 0 Å². The highest BCUT2D eigenvalue weighted by atomic mass is 35.5. The summed E-state index contributed by atoms with van der Waals surface area (Å²) in [5.74, 6) is 0. The van der Waals surface area contributed by atoms with E-state index in [0.29, 0.717) is 6.54 Å². The summed E-state index contributed by atoms with van der Waals surface area (Å²) < 4.78 is 0. The van der Waals surface area contributed by atoms with Gasteiger partial charge < -0.3 is 15.5 Å². The summed E-state index contributed by atoms with van der Waals surface area (Å²) in [6.45, 7) is 7.23. The topological polar surface area (TPSA) is 35.7 Å². The van der Waals surface area contributed by atoms with Crippen molar-refractivity contribution in [2.45, 2.75) is 6.42 Å². The Balaban J connectivity index is 1.90. The molecule has 0 radical (unpaired) electrons. The van der Waals surface area contributed by atoms with Crippen molar-refractivity contribution in [3.8, 4) is 0 Å². The zero-order valence-electron chi connectivity index (χ0n) is 13.2. The predicted octanol–water partition coefficient (Wildman–Crippen LogP) is 1.52. The molecule has 0 aliphatic carbocycles. The van der Waals surface area contributed by atoms with Crippen molar-refractivity contribution in [3.05, 3.63) is 28.8 Å². The fourth-order valence-corrected chi connectivity index (χ4v) is 3.01. The van der Waals surface area contributed by atoms with Crippen molar-refractivity contribution < 1.29 is 0 Å². The zero-order chi connectivity index (χ0) is 15.2. The molecule has 0 spiro atoms. The van der Waals surface area contributed by atoms with Gasteiger partial charge in [-0.2, -0.15) is 0 Å². The molecule has 0 aromatic heterocycles. The monoisotopic (exact) mass is 310 g/mol. The standard InChI is InChI=1S/C16H27ClN4/c1-19(2)7-8-20-9-11-21(12-10-20)16-4-3-14(5-6-18)13-15(16)17/h3-4,13H,5-12,18H2,1-2H3. The molecule has 2 N–H and O–H groups in total. The number of piperazine rings is 1. The van der Waals surface area contributed by atoms with Gasteiger partial charge in [0.15, 0.2) is 0 Å². The fraction of sp³-hybridized carbons (Fsp3) is 0.625. The van der Waals surface area contributed by atoms with E-state index in [1.54, 1.807) is 0 Å². The van der Waals surface area contributed by atoms with E-state index in [2.05, 4.69) is 47.0 Å². The summed E-state index contributed by atoms with van der Waals surface area (Å²) in [4.78, 5) is 7.15. The normalized spacial score (nSPS) is 16.7. The molecule has 5 heteroatoms. The number of likely N-dealkylation sites (N-methyl/N-ethyl adjacent to an activating group) is 1. The Morgan fingerprint density at radius 2 is 1.90 bits per heavy atom. The molecule has 0 unspecified atom stereocenters. The minimum absolute atomic E-state index is 0.667. The molecule has 1 aromatic carbocycles. The van der Waals surface area contributed by atoms with Crippen LogP contribution in [0.25, 0.3) is 0 Å². The van der Waals surface area contributed by atoms with Crippen LogP contribution in [0, 0.1) is 0 Å². The van der Waals surface area contributed by atoms with Crippen LogP contribution < -0.4 is 10.6 Å². The third-order valence-corrected chi connectivity index (χ3v) is 4.32. The van der Waals surface area contributed by atoms with E-state index in [1.807, 2.05) is 0 Å². The second-order valence-corrected chi connectivity index (χ2v) is 6.36. The van der Waals surface area contributed by atoms with Gasteiger partial charge in [0.2, 0.25) is 0 Å². The molecule has 1 heterocycles. The number of halogens is 1. The Hall–Kier alpha value is -0.810. The zero-order valence-corrected chi connectivity index (χ0v) is 13.9. The van der Waals surface area contributed by atoms with Gasteiger partial charge in [-0.1, -0.05) is 17.7 Å². The lowest BCUT2D eigenvalue weighted by atomic mass is 10.1. The third-order valence-electron chi connectivity index (χ3n) is 4.02. The third kappa shape index (κ3) is 4.85. The van der Waals surface area contributed by atoms with E-state index in [1.165, 1.54) is 5.56 Å². The van der Waals surface area contributed by atoms with Crippen LogP contribution in [0.3, 0.4) is 0 Å². The maximum absolute atomic E-state index is 6.43. The van der Waals surface area contributed by atoms with Gasteiger partial charge in [-0.3, -0.25) is 4.90 Å². The number of nitrogens with zero attached hydrogens (tertiary/aromatic N) is 3. The Kier molecular flexibility index (Phi) is 6.30. The summed E-state index contributed by atoms with van der Waals surface area (Å²) in [6, 6.07) is 6.34. The van der Waals surface area contributed by atoms with Crippen molar-refractivity contribution >= 4 is 17.3 Å². The lowest BCUT2D eigenvalue weighted by Crippen LogP contribution is -2.48. The largest absolute Gasteiger partial charge is 0.368 e. The molecule has 0 atom stereocenters. The summed E-state index contributed by atoms with van der Waals surface area (Å²) in [6.07, 6.45) is 0.887. The molecule has 2 rings (SSSR count). The minimum Gasteiger partial charge on any atom is -0.368 e. The Morgan fingerprint density at radius 3 is 2.48 bits per heavy atom. The van der Waals surface area contributed by atoms with Crippen molar-refractivity contribution in [1.82, 2.24) is 9.80 Å². The molecule has 0 bridgehead atoms. The van der Waals surface area contributed by atoms with Crippen LogP contribution in [-0.2, 0) is 6.42 Å². The van der Waals surface area contributed by atoms with Crippen molar-refractivity contribution in [2.75, 3.05) is 64.8 Å². The average Bonchev–Trinajstić information content (AvgIpc) is 2.46. The lowest BCUT2D eigenvalue weighted by molar-refractivity contribution is 0.229. The van der Waals surface area contributed by atoms with Crippen LogP contribution in [-0.4, -0.2) is 69.7 Å². The van der Waals surface area contributed by atoms with Crippen LogP contribution >= 0.6 is 11.6 Å². The van der Waals surface area contributed by atoms with Gasteiger partial charge in [0.25, 0.3) is 0 Å².